The van der Waals surface area contributed by atoms with E-state index in [1.165, 1.54) is 0 Å². The number of H-pyrrole nitrogens is 1. The molecule has 1 atom stereocenters. The maximum absolute atomic E-state index is 13.7. The summed E-state index contributed by atoms with van der Waals surface area (Å²) in [5.41, 5.74) is 3.99. The predicted octanol–water partition coefficient (Wildman–Crippen LogP) is 3.47. The molecule has 4 aromatic rings. The molecule has 0 bridgehead atoms. The van der Waals surface area contributed by atoms with Gasteiger partial charge >= 0.3 is 0 Å². The molecule has 2 aromatic heterocycles. The standard InChI is InChI=1S/C26H28N6O2/c1-17-5-7-22-20(15-17)24(33)29-26(28-22)30-12-9-19(3)31(14-13-30)25(34)21-16-18(2)6-8-23(21)32-11-4-10-27-32/h4-8,10-11,15-16,19H,9,12-14H2,1-3H3,(H,28,29,33). The second-order valence-corrected chi connectivity index (χ2v) is 9.00. The number of rotatable bonds is 3. The van der Waals surface area contributed by atoms with E-state index in [-0.39, 0.29) is 17.5 Å². The maximum atomic E-state index is 13.7. The van der Waals surface area contributed by atoms with E-state index in [4.69, 9.17) is 4.98 Å². The normalized spacial score (nSPS) is 16.6. The number of carbonyl (C=O) groups excluding carboxylic acids is 1. The summed E-state index contributed by atoms with van der Waals surface area (Å²) in [4.78, 5) is 38.1. The summed E-state index contributed by atoms with van der Waals surface area (Å²) in [6, 6.07) is 13.4. The van der Waals surface area contributed by atoms with Crippen LogP contribution in [0.5, 0.6) is 0 Å². The van der Waals surface area contributed by atoms with Gasteiger partial charge in [0.05, 0.1) is 22.2 Å². The lowest BCUT2D eigenvalue weighted by atomic mass is 10.1. The van der Waals surface area contributed by atoms with Gasteiger partial charge in [0.25, 0.3) is 11.5 Å². The number of nitrogens with one attached hydrogen (secondary N) is 1. The van der Waals surface area contributed by atoms with E-state index in [9.17, 15) is 9.59 Å². The lowest BCUT2D eigenvalue weighted by molar-refractivity contribution is 0.0705. The van der Waals surface area contributed by atoms with Crippen LogP contribution in [0.15, 0.2) is 59.7 Å². The number of hydrogen-bond acceptors (Lipinski definition) is 5. The second kappa shape index (κ2) is 8.78. The van der Waals surface area contributed by atoms with Crippen molar-refractivity contribution in [1.82, 2.24) is 24.6 Å². The van der Waals surface area contributed by atoms with Crippen molar-refractivity contribution in [1.29, 1.82) is 0 Å². The van der Waals surface area contributed by atoms with Gasteiger partial charge in [-0.05, 0) is 57.5 Å². The van der Waals surface area contributed by atoms with Crippen molar-refractivity contribution in [2.24, 2.45) is 0 Å². The van der Waals surface area contributed by atoms with Crippen molar-refractivity contribution in [2.75, 3.05) is 24.5 Å². The summed E-state index contributed by atoms with van der Waals surface area (Å²) < 4.78 is 1.73. The first-order valence-electron chi connectivity index (χ1n) is 11.6. The average Bonchev–Trinajstić information content (AvgIpc) is 3.28. The Kier molecular flexibility index (Phi) is 5.65. The number of nitrogens with zero attached hydrogens (tertiary/aromatic N) is 5. The van der Waals surface area contributed by atoms with Gasteiger partial charge < -0.3 is 9.80 Å². The van der Waals surface area contributed by atoms with Crippen molar-refractivity contribution in [3.05, 3.63) is 81.9 Å². The maximum Gasteiger partial charge on any atom is 0.260 e. The molecule has 0 saturated carbocycles. The van der Waals surface area contributed by atoms with Crippen LogP contribution < -0.4 is 10.5 Å². The third-order valence-electron chi connectivity index (χ3n) is 6.50. The fourth-order valence-corrected chi connectivity index (χ4v) is 4.55. The summed E-state index contributed by atoms with van der Waals surface area (Å²) in [5.74, 6) is 0.537. The van der Waals surface area contributed by atoms with Crippen LogP contribution in [0.2, 0.25) is 0 Å². The Morgan fingerprint density at radius 3 is 2.65 bits per heavy atom. The average molecular weight is 457 g/mol. The monoisotopic (exact) mass is 456 g/mol. The Morgan fingerprint density at radius 1 is 1.06 bits per heavy atom. The Hall–Kier alpha value is -3.94. The molecule has 174 valence electrons. The molecule has 5 rings (SSSR count). The minimum absolute atomic E-state index is 0.0148. The molecular formula is C26H28N6O2. The fourth-order valence-electron chi connectivity index (χ4n) is 4.55. The fraction of sp³-hybridized carbons (Fsp3) is 0.308. The molecule has 1 amide bonds. The van der Waals surface area contributed by atoms with E-state index in [0.717, 1.165) is 23.2 Å². The number of fused-ring (bicyclic) bond motifs is 1. The van der Waals surface area contributed by atoms with Crippen LogP contribution in [0.3, 0.4) is 0 Å². The number of benzene rings is 2. The summed E-state index contributed by atoms with van der Waals surface area (Å²) in [5, 5.41) is 4.92. The van der Waals surface area contributed by atoms with Gasteiger partial charge in [-0.1, -0.05) is 23.3 Å². The Balaban J connectivity index is 1.43. The molecule has 2 aromatic carbocycles. The van der Waals surface area contributed by atoms with Gasteiger partial charge in [0.1, 0.15) is 0 Å². The number of carbonyl (C=O) groups is 1. The number of aromatic amines is 1. The summed E-state index contributed by atoms with van der Waals surface area (Å²) in [6.45, 7) is 7.83. The third-order valence-corrected chi connectivity index (χ3v) is 6.50. The van der Waals surface area contributed by atoms with Crippen molar-refractivity contribution in [2.45, 2.75) is 33.2 Å². The number of aromatic nitrogens is 4. The smallest absolute Gasteiger partial charge is 0.260 e. The molecule has 0 radical (unpaired) electrons. The van der Waals surface area contributed by atoms with Crippen molar-refractivity contribution < 1.29 is 4.79 Å². The van der Waals surface area contributed by atoms with Crippen LogP contribution in [-0.4, -0.2) is 56.2 Å². The first-order valence-corrected chi connectivity index (χ1v) is 11.6. The van der Waals surface area contributed by atoms with Crippen molar-refractivity contribution >= 4 is 22.8 Å². The van der Waals surface area contributed by atoms with E-state index >= 15 is 0 Å². The van der Waals surface area contributed by atoms with Crippen LogP contribution in [0.25, 0.3) is 16.6 Å². The quantitative estimate of drug-likeness (QED) is 0.510. The van der Waals surface area contributed by atoms with Gasteiger partial charge in [-0.25, -0.2) is 9.67 Å². The van der Waals surface area contributed by atoms with Gasteiger partial charge in [0, 0.05) is 38.1 Å². The van der Waals surface area contributed by atoms with E-state index in [0.29, 0.717) is 42.0 Å². The highest BCUT2D eigenvalue weighted by Crippen LogP contribution is 2.23. The zero-order valence-corrected chi connectivity index (χ0v) is 19.7. The van der Waals surface area contributed by atoms with Crippen LogP contribution in [0.4, 0.5) is 5.95 Å². The number of amides is 1. The first-order chi connectivity index (χ1) is 16.4. The molecule has 1 unspecified atom stereocenters. The second-order valence-electron chi connectivity index (χ2n) is 9.00. The largest absolute Gasteiger partial charge is 0.340 e. The highest BCUT2D eigenvalue weighted by Gasteiger charge is 2.28. The lowest BCUT2D eigenvalue weighted by Crippen LogP contribution is -2.40. The highest BCUT2D eigenvalue weighted by atomic mass is 16.2. The van der Waals surface area contributed by atoms with Gasteiger partial charge in [-0.3, -0.25) is 14.6 Å². The Bertz CT molecular complexity index is 1410. The molecule has 8 nitrogen and oxygen atoms in total. The van der Waals surface area contributed by atoms with Crippen molar-refractivity contribution in [3.63, 3.8) is 0 Å². The van der Waals surface area contributed by atoms with E-state index in [1.807, 2.05) is 67.4 Å². The van der Waals surface area contributed by atoms with Gasteiger partial charge in [-0.15, -0.1) is 0 Å². The van der Waals surface area contributed by atoms with Gasteiger partial charge in [-0.2, -0.15) is 5.10 Å². The molecule has 1 aliphatic rings. The molecule has 1 aliphatic heterocycles. The van der Waals surface area contributed by atoms with E-state index < -0.39 is 0 Å². The molecule has 34 heavy (non-hydrogen) atoms. The van der Waals surface area contributed by atoms with Crippen LogP contribution in [0.1, 0.15) is 34.8 Å². The first kappa shape index (κ1) is 21.9. The van der Waals surface area contributed by atoms with Crippen LogP contribution in [0, 0.1) is 13.8 Å². The summed E-state index contributed by atoms with van der Waals surface area (Å²) in [6.07, 6.45) is 4.32. The Morgan fingerprint density at radius 2 is 1.85 bits per heavy atom. The Labute approximate surface area is 197 Å². The van der Waals surface area contributed by atoms with Crippen LogP contribution >= 0.6 is 0 Å². The summed E-state index contributed by atoms with van der Waals surface area (Å²) in [7, 11) is 0. The zero-order valence-electron chi connectivity index (χ0n) is 19.7. The number of hydrogen-bond donors (Lipinski definition) is 1. The molecule has 1 N–H and O–H groups in total. The molecule has 0 spiro atoms. The topological polar surface area (TPSA) is 87.1 Å². The molecule has 1 saturated heterocycles. The number of aryl methyl sites for hydroxylation is 2. The molecule has 8 heteroatoms. The lowest BCUT2D eigenvalue weighted by Gasteiger charge is -2.28. The predicted molar refractivity (Wildman–Crippen MR) is 133 cm³/mol. The minimum Gasteiger partial charge on any atom is -0.340 e. The van der Waals surface area contributed by atoms with Gasteiger partial charge in [0.2, 0.25) is 5.95 Å². The summed E-state index contributed by atoms with van der Waals surface area (Å²) >= 11 is 0. The van der Waals surface area contributed by atoms with E-state index in [2.05, 4.69) is 21.9 Å². The minimum atomic E-state index is -0.141. The number of anilines is 1. The highest BCUT2D eigenvalue weighted by molar-refractivity contribution is 5.98. The molecule has 3 heterocycles. The zero-order chi connectivity index (χ0) is 23.8. The molecule has 0 aliphatic carbocycles. The SMILES string of the molecule is Cc1ccc(-n2cccn2)c(C(=O)N2CCN(c3nc4ccc(C)cc4c(=O)[nH]3)CCC2C)c1. The van der Waals surface area contributed by atoms with Crippen LogP contribution in [-0.2, 0) is 0 Å². The third kappa shape index (κ3) is 4.07. The van der Waals surface area contributed by atoms with Gasteiger partial charge in [0.15, 0.2) is 0 Å². The molecule has 1 fully saturated rings. The van der Waals surface area contributed by atoms with Crippen molar-refractivity contribution in [3.8, 4) is 5.69 Å². The van der Waals surface area contributed by atoms with E-state index in [1.54, 1.807) is 10.9 Å². The molecular weight excluding hydrogens is 428 g/mol.